The van der Waals surface area contributed by atoms with E-state index in [4.69, 9.17) is 9.47 Å². The van der Waals surface area contributed by atoms with Crippen molar-refractivity contribution < 1.29 is 19.4 Å². The molecule has 0 saturated carbocycles. The first-order valence-corrected chi connectivity index (χ1v) is 16.4. The fourth-order valence-electron chi connectivity index (χ4n) is 6.05. The van der Waals surface area contributed by atoms with Crippen LogP contribution < -0.4 is 5.32 Å². The second-order valence-electron chi connectivity index (χ2n) is 12.4. The van der Waals surface area contributed by atoms with E-state index in [1.165, 1.54) is 0 Å². The van der Waals surface area contributed by atoms with Crippen molar-refractivity contribution in [2.24, 2.45) is 5.92 Å². The molecule has 8 heteroatoms. The van der Waals surface area contributed by atoms with Crippen molar-refractivity contribution in [1.82, 2.24) is 20.2 Å². The van der Waals surface area contributed by atoms with Gasteiger partial charge in [0, 0.05) is 61.8 Å². The highest BCUT2D eigenvalue weighted by Gasteiger charge is 2.38. The van der Waals surface area contributed by atoms with E-state index < -0.39 is 6.29 Å². The molecule has 4 atom stereocenters. The molecule has 5 aromatic rings. The number of aliphatic hydroxyl groups is 1. The monoisotopic (exact) mass is 642 g/mol. The summed E-state index contributed by atoms with van der Waals surface area (Å²) in [6.45, 7) is 4.23. The second-order valence-corrected chi connectivity index (χ2v) is 12.4. The maximum absolute atomic E-state index is 12.5. The number of aliphatic hydroxyl groups excluding tert-OH is 1. The molecule has 3 heterocycles. The van der Waals surface area contributed by atoms with Crippen molar-refractivity contribution in [1.29, 1.82) is 0 Å². The van der Waals surface area contributed by atoms with Gasteiger partial charge in [-0.25, -0.2) is 0 Å². The van der Waals surface area contributed by atoms with Crippen molar-refractivity contribution >= 4 is 5.91 Å². The summed E-state index contributed by atoms with van der Waals surface area (Å²) >= 11 is 0. The summed E-state index contributed by atoms with van der Waals surface area (Å²) in [7, 11) is 2.13. The molecule has 0 radical (unpaired) electrons. The number of nitrogens with zero attached hydrogens (tertiary/aromatic N) is 3. The van der Waals surface area contributed by atoms with Gasteiger partial charge in [-0.3, -0.25) is 14.8 Å². The lowest BCUT2D eigenvalue weighted by Crippen LogP contribution is -2.43. The third-order valence-electron chi connectivity index (χ3n) is 8.91. The van der Waals surface area contributed by atoms with Crippen LogP contribution in [-0.4, -0.2) is 52.1 Å². The molecule has 6 rings (SSSR count). The van der Waals surface area contributed by atoms with Crippen molar-refractivity contribution in [3.05, 3.63) is 155 Å². The first-order chi connectivity index (χ1) is 23.5. The SMILES string of the molecule is C[C@@H]1[C@H](CN(C)CCc2ccccn2)O[C@H](c2ccc(-c3cccc(CNC(=O)c4cccnc4)c3)cc2)O[C@@H]1c1ccc(CO)cc1. The molecule has 48 heavy (non-hydrogen) atoms. The molecule has 0 aliphatic carbocycles. The zero-order chi connectivity index (χ0) is 33.3. The minimum absolute atomic E-state index is 0.00603. The van der Waals surface area contributed by atoms with Gasteiger partial charge in [-0.1, -0.05) is 79.7 Å². The standard InChI is InChI=1S/C40H42N4O4/c1-28-37(26-44(2)22-19-36-10-3-4-21-42-36)47-40(48-38(28)32-13-11-29(27-45)12-14-32)33-17-15-31(16-18-33)34-8-5-7-30(23-34)24-43-39(46)35-9-6-20-41-25-35/h3-18,20-21,23,25,28,37-38,40,45H,19,22,24,26-27H2,1-2H3,(H,43,46)/t28-,37+,38+,40+/m1/s1. The van der Waals surface area contributed by atoms with Crippen molar-refractivity contribution in [2.45, 2.75) is 45.0 Å². The number of likely N-dealkylation sites (N-methyl/N-ethyl adjacent to an activating group) is 1. The Labute approximate surface area is 282 Å². The molecular formula is C40H42N4O4. The van der Waals surface area contributed by atoms with Crippen LogP contribution in [0.2, 0.25) is 0 Å². The van der Waals surface area contributed by atoms with Gasteiger partial charge in [-0.05, 0) is 65.2 Å². The van der Waals surface area contributed by atoms with Gasteiger partial charge in [0.15, 0.2) is 6.29 Å². The van der Waals surface area contributed by atoms with Crippen LogP contribution in [0.4, 0.5) is 0 Å². The summed E-state index contributed by atoms with van der Waals surface area (Å²) in [5, 5.41) is 12.6. The van der Waals surface area contributed by atoms with Crippen LogP contribution in [0, 0.1) is 5.92 Å². The van der Waals surface area contributed by atoms with Crippen molar-refractivity contribution in [2.75, 3.05) is 20.1 Å². The number of aromatic nitrogens is 2. The highest BCUT2D eigenvalue weighted by Crippen LogP contribution is 2.42. The Kier molecular flexibility index (Phi) is 11.0. The van der Waals surface area contributed by atoms with E-state index in [2.05, 4.69) is 76.6 Å². The lowest BCUT2D eigenvalue weighted by Gasteiger charge is -2.42. The van der Waals surface area contributed by atoms with Gasteiger partial charge in [-0.15, -0.1) is 0 Å². The van der Waals surface area contributed by atoms with E-state index in [0.29, 0.717) is 12.1 Å². The molecule has 0 unspecified atom stereocenters. The summed E-state index contributed by atoms with van der Waals surface area (Å²) in [6, 6.07) is 34.0. The molecule has 0 bridgehead atoms. The van der Waals surface area contributed by atoms with Gasteiger partial charge in [-0.2, -0.15) is 0 Å². The normalized spacial score (nSPS) is 19.2. The molecule has 2 N–H and O–H groups in total. The predicted octanol–water partition coefficient (Wildman–Crippen LogP) is 6.53. The van der Waals surface area contributed by atoms with E-state index in [-0.39, 0.29) is 30.6 Å². The third kappa shape index (κ3) is 8.40. The van der Waals surface area contributed by atoms with Gasteiger partial charge >= 0.3 is 0 Å². The van der Waals surface area contributed by atoms with Crippen LogP contribution in [0.1, 0.15) is 57.6 Å². The number of amides is 1. The van der Waals surface area contributed by atoms with E-state index in [9.17, 15) is 9.90 Å². The second kappa shape index (κ2) is 15.9. The largest absolute Gasteiger partial charge is 0.392 e. The topological polar surface area (TPSA) is 96.8 Å². The minimum Gasteiger partial charge on any atom is -0.392 e. The molecular weight excluding hydrogens is 600 g/mol. The molecule has 2 aromatic heterocycles. The zero-order valence-corrected chi connectivity index (χ0v) is 27.4. The highest BCUT2D eigenvalue weighted by atomic mass is 16.7. The number of nitrogens with one attached hydrogen (secondary N) is 1. The van der Waals surface area contributed by atoms with E-state index >= 15 is 0 Å². The van der Waals surface area contributed by atoms with Gasteiger partial charge in [0.2, 0.25) is 0 Å². The number of pyridine rings is 2. The van der Waals surface area contributed by atoms with Crippen LogP contribution in [-0.2, 0) is 29.0 Å². The van der Waals surface area contributed by atoms with Crippen molar-refractivity contribution in [3.63, 3.8) is 0 Å². The van der Waals surface area contributed by atoms with Crippen molar-refractivity contribution in [3.8, 4) is 11.1 Å². The molecule has 1 saturated heterocycles. The van der Waals surface area contributed by atoms with Crippen LogP contribution in [0.15, 0.2) is 122 Å². The number of hydrogen-bond donors (Lipinski definition) is 2. The van der Waals surface area contributed by atoms with Gasteiger partial charge in [0.25, 0.3) is 5.91 Å². The van der Waals surface area contributed by atoms with Gasteiger partial charge in [0.05, 0.1) is 24.4 Å². The molecule has 1 aliphatic heterocycles. The summed E-state index contributed by atoms with van der Waals surface area (Å²) in [5.41, 5.74) is 7.62. The molecule has 8 nitrogen and oxygen atoms in total. The number of hydrogen-bond acceptors (Lipinski definition) is 7. The first-order valence-electron chi connectivity index (χ1n) is 16.4. The summed E-state index contributed by atoms with van der Waals surface area (Å²) in [5.74, 6) is -0.0563. The lowest BCUT2D eigenvalue weighted by atomic mass is 9.90. The van der Waals surface area contributed by atoms with Crippen LogP contribution in [0.25, 0.3) is 11.1 Å². The zero-order valence-electron chi connectivity index (χ0n) is 27.4. The molecule has 1 amide bonds. The quantitative estimate of drug-likeness (QED) is 0.160. The maximum Gasteiger partial charge on any atom is 0.253 e. The first kappa shape index (κ1) is 33.2. The average molecular weight is 643 g/mol. The van der Waals surface area contributed by atoms with Gasteiger partial charge in [0.1, 0.15) is 0 Å². The molecule has 3 aromatic carbocycles. The van der Waals surface area contributed by atoms with Crippen LogP contribution in [0.5, 0.6) is 0 Å². The molecule has 246 valence electrons. The number of benzene rings is 3. The Morgan fingerprint density at radius 1 is 0.854 bits per heavy atom. The molecule has 1 aliphatic rings. The number of ether oxygens (including phenoxy) is 2. The summed E-state index contributed by atoms with van der Waals surface area (Å²) in [4.78, 5) is 23.3. The van der Waals surface area contributed by atoms with E-state index in [0.717, 1.165) is 58.6 Å². The Morgan fingerprint density at radius 2 is 1.67 bits per heavy atom. The Hall–Kier alpha value is -4.73. The van der Waals surface area contributed by atoms with E-state index in [1.807, 2.05) is 54.7 Å². The Bertz CT molecular complexity index is 1750. The minimum atomic E-state index is -0.541. The van der Waals surface area contributed by atoms with Crippen LogP contribution >= 0.6 is 0 Å². The molecule has 1 fully saturated rings. The lowest BCUT2D eigenvalue weighted by molar-refractivity contribution is -0.275. The average Bonchev–Trinajstić information content (AvgIpc) is 3.15. The number of rotatable bonds is 12. The smallest absolute Gasteiger partial charge is 0.253 e. The molecule has 0 spiro atoms. The number of carbonyl (C=O) groups is 1. The third-order valence-corrected chi connectivity index (χ3v) is 8.91. The fourth-order valence-corrected chi connectivity index (χ4v) is 6.05. The van der Waals surface area contributed by atoms with Crippen LogP contribution in [0.3, 0.4) is 0 Å². The highest BCUT2D eigenvalue weighted by molar-refractivity contribution is 5.93. The maximum atomic E-state index is 12.5. The summed E-state index contributed by atoms with van der Waals surface area (Å²) in [6.07, 6.45) is 5.13. The number of carbonyl (C=O) groups excluding carboxylic acids is 1. The predicted molar refractivity (Wildman–Crippen MR) is 186 cm³/mol. The summed E-state index contributed by atoms with van der Waals surface area (Å²) < 4.78 is 13.4. The Morgan fingerprint density at radius 3 is 2.40 bits per heavy atom. The Balaban J connectivity index is 1.16. The van der Waals surface area contributed by atoms with Gasteiger partial charge < -0.3 is 24.8 Å². The van der Waals surface area contributed by atoms with E-state index in [1.54, 1.807) is 24.5 Å². The fraction of sp³-hybridized carbons (Fsp3) is 0.275.